The monoisotopic (exact) mass is 333 g/mol. The van der Waals surface area contributed by atoms with Crippen molar-refractivity contribution in [1.82, 2.24) is 4.57 Å². The summed E-state index contributed by atoms with van der Waals surface area (Å²) in [4.78, 5) is 11.3. The molecule has 0 radical (unpaired) electrons. The molecule has 1 N–H and O–H groups in total. The van der Waals surface area contributed by atoms with Crippen molar-refractivity contribution in [3.8, 4) is 0 Å². The first-order chi connectivity index (χ1) is 6.82. The van der Waals surface area contributed by atoms with E-state index in [1.54, 1.807) is 22.6 Å². The summed E-state index contributed by atoms with van der Waals surface area (Å²) in [7, 11) is 0. The second-order valence-corrected chi connectivity index (χ2v) is 4.03. The highest BCUT2D eigenvalue weighted by Crippen LogP contribution is 2.20. The van der Waals surface area contributed by atoms with Crippen LogP contribution >= 0.6 is 22.6 Å². The van der Waals surface area contributed by atoms with Crippen molar-refractivity contribution in [3.05, 3.63) is 32.3 Å². The van der Waals surface area contributed by atoms with Crippen molar-refractivity contribution in [2.24, 2.45) is 0 Å². The van der Waals surface area contributed by atoms with Crippen LogP contribution in [0.5, 0.6) is 0 Å². The Morgan fingerprint density at radius 3 is 2.67 bits per heavy atom. The van der Waals surface area contributed by atoms with E-state index in [9.17, 15) is 18.0 Å². The first-order valence-electron chi connectivity index (χ1n) is 3.92. The van der Waals surface area contributed by atoms with E-state index in [2.05, 4.69) is 0 Å². The summed E-state index contributed by atoms with van der Waals surface area (Å²) in [6.07, 6.45) is -6.02. The van der Waals surface area contributed by atoms with E-state index in [4.69, 9.17) is 5.11 Å². The molecule has 7 heteroatoms. The lowest BCUT2D eigenvalue weighted by atomic mass is 10.3. The van der Waals surface area contributed by atoms with Crippen molar-refractivity contribution in [2.75, 3.05) is 0 Å². The summed E-state index contributed by atoms with van der Waals surface area (Å²) < 4.78 is 37.1. The Labute approximate surface area is 96.7 Å². The zero-order valence-corrected chi connectivity index (χ0v) is 9.49. The maximum atomic E-state index is 12.0. The van der Waals surface area contributed by atoms with Gasteiger partial charge in [0.25, 0.3) is 5.56 Å². The average Bonchev–Trinajstić information content (AvgIpc) is 2.11. The predicted molar refractivity (Wildman–Crippen MR) is 55.5 cm³/mol. The van der Waals surface area contributed by atoms with Gasteiger partial charge >= 0.3 is 6.18 Å². The number of pyridine rings is 1. The van der Waals surface area contributed by atoms with Gasteiger partial charge in [-0.1, -0.05) is 0 Å². The molecule has 15 heavy (non-hydrogen) atoms. The fraction of sp³-hybridized carbons (Fsp3) is 0.375. The van der Waals surface area contributed by atoms with Gasteiger partial charge in [-0.3, -0.25) is 4.79 Å². The molecule has 1 aromatic heterocycles. The van der Waals surface area contributed by atoms with Crippen LogP contribution in [-0.2, 0) is 6.54 Å². The third-order valence-corrected chi connectivity index (χ3v) is 2.54. The molecule has 0 amide bonds. The lowest BCUT2D eigenvalue weighted by Gasteiger charge is -2.15. The number of rotatable bonds is 2. The van der Waals surface area contributed by atoms with E-state index in [1.807, 2.05) is 0 Å². The summed E-state index contributed by atoms with van der Waals surface area (Å²) >= 11 is 1.72. The Bertz CT molecular complexity index is 402. The molecule has 1 aromatic rings. The van der Waals surface area contributed by atoms with Gasteiger partial charge in [0.05, 0.1) is 10.1 Å². The Morgan fingerprint density at radius 1 is 1.53 bits per heavy atom. The standard InChI is InChI=1S/C8H7F3INO2/c9-8(10,11)6(14)4-13-3-1-2-5(12)7(13)15/h1-3,6,14H,4H2. The van der Waals surface area contributed by atoms with E-state index < -0.39 is 24.4 Å². The smallest absolute Gasteiger partial charge is 0.382 e. The van der Waals surface area contributed by atoms with Gasteiger partial charge in [0.2, 0.25) is 0 Å². The largest absolute Gasteiger partial charge is 0.416 e. The zero-order valence-electron chi connectivity index (χ0n) is 7.33. The highest BCUT2D eigenvalue weighted by atomic mass is 127. The summed E-state index contributed by atoms with van der Waals surface area (Å²) in [5.74, 6) is 0. The van der Waals surface area contributed by atoms with Gasteiger partial charge in [-0.05, 0) is 34.7 Å². The second kappa shape index (κ2) is 4.52. The van der Waals surface area contributed by atoms with Crippen molar-refractivity contribution in [3.63, 3.8) is 0 Å². The number of alkyl halides is 3. The summed E-state index contributed by atoms with van der Waals surface area (Å²) in [6.45, 7) is -0.779. The maximum Gasteiger partial charge on any atom is 0.416 e. The number of hydrogen-bond donors (Lipinski definition) is 1. The number of nitrogens with zero attached hydrogens (tertiary/aromatic N) is 1. The van der Waals surface area contributed by atoms with E-state index in [1.165, 1.54) is 18.3 Å². The van der Waals surface area contributed by atoms with Crippen LogP contribution in [0.3, 0.4) is 0 Å². The Morgan fingerprint density at radius 2 is 2.13 bits per heavy atom. The van der Waals surface area contributed by atoms with E-state index in [-0.39, 0.29) is 0 Å². The molecule has 0 aliphatic heterocycles. The number of aliphatic hydroxyl groups excluding tert-OH is 1. The summed E-state index contributed by atoms with van der Waals surface area (Å²) in [6, 6.07) is 2.94. The number of halogens is 4. The molecule has 0 aromatic carbocycles. The van der Waals surface area contributed by atoms with Crippen LogP contribution in [0.25, 0.3) is 0 Å². The van der Waals surface area contributed by atoms with E-state index in [0.717, 1.165) is 4.57 Å². The van der Waals surface area contributed by atoms with Crippen LogP contribution in [0.2, 0.25) is 0 Å². The third-order valence-electron chi connectivity index (χ3n) is 1.72. The lowest BCUT2D eigenvalue weighted by molar-refractivity contribution is -0.207. The molecule has 0 aliphatic carbocycles. The number of hydrogen-bond acceptors (Lipinski definition) is 2. The summed E-state index contributed by atoms with van der Waals surface area (Å²) in [5, 5.41) is 8.77. The molecule has 84 valence electrons. The van der Waals surface area contributed by atoms with Gasteiger partial charge in [0.15, 0.2) is 6.10 Å². The van der Waals surface area contributed by atoms with E-state index >= 15 is 0 Å². The van der Waals surface area contributed by atoms with Gasteiger partial charge < -0.3 is 9.67 Å². The highest BCUT2D eigenvalue weighted by Gasteiger charge is 2.38. The second-order valence-electron chi connectivity index (χ2n) is 2.87. The molecule has 3 nitrogen and oxygen atoms in total. The molecule has 0 saturated heterocycles. The van der Waals surface area contributed by atoms with Crippen molar-refractivity contribution in [2.45, 2.75) is 18.8 Å². The van der Waals surface area contributed by atoms with Gasteiger partial charge in [-0.15, -0.1) is 0 Å². The van der Waals surface area contributed by atoms with Crippen LogP contribution in [0.1, 0.15) is 0 Å². The van der Waals surface area contributed by atoms with Crippen LogP contribution in [0.15, 0.2) is 23.1 Å². The average molecular weight is 333 g/mol. The number of aromatic nitrogens is 1. The van der Waals surface area contributed by atoms with Crippen LogP contribution in [-0.4, -0.2) is 22.0 Å². The third kappa shape index (κ3) is 3.20. The molecular formula is C8H7F3INO2. The predicted octanol–water partition coefficient (Wildman–Crippen LogP) is 1.38. The SMILES string of the molecule is O=c1c(I)cccn1CC(O)C(F)(F)F. The maximum absolute atomic E-state index is 12.0. The van der Waals surface area contributed by atoms with Crippen LogP contribution in [0, 0.1) is 3.57 Å². The van der Waals surface area contributed by atoms with Gasteiger partial charge in [0, 0.05) is 6.20 Å². The van der Waals surface area contributed by atoms with E-state index in [0.29, 0.717) is 3.57 Å². The molecule has 1 rings (SSSR count). The van der Waals surface area contributed by atoms with Gasteiger partial charge in [-0.25, -0.2) is 0 Å². The minimum absolute atomic E-state index is 0.310. The molecule has 0 aliphatic rings. The van der Waals surface area contributed by atoms with Crippen molar-refractivity contribution < 1.29 is 18.3 Å². The Hall–Kier alpha value is -0.570. The van der Waals surface area contributed by atoms with Crippen LogP contribution < -0.4 is 5.56 Å². The molecular weight excluding hydrogens is 326 g/mol. The molecule has 0 fully saturated rings. The first kappa shape index (κ1) is 12.5. The van der Waals surface area contributed by atoms with Gasteiger partial charge in [-0.2, -0.15) is 13.2 Å². The van der Waals surface area contributed by atoms with Gasteiger partial charge in [0.1, 0.15) is 0 Å². The fourth-order valence-corrected chi connectivity index (χ4v) is 1.46. The minimum atomic E-state index is -4.71. The highest BCUT2D eigenvalue weighted by molar-refractivity contribution is 14.1. The molecule has 0 saturated carbocycles. The quantitative estimate of drug-likeness (QED) is 0.831. The minimum Gasteiger partial charge on any atom is -0.382 e. The Kier molecular flexibility index (Phi) is 3.77. The molecule has 1 atom stereocenters. The van der Waals surface area contributed by atoms with Crippen molar-refractivity contribution >= 4 is 22.6 Å². The number of aliphatic hydroxyl groups is 1. The molecule has 1 unspecified atom stereocenters. The molecule has 0 bridgehead atoms. The van der Waals surface area contributed by atoms with Crippen LogP contribution in [0.4, 0.5) is 13.2 Å². The summed E-state index contributed by atoms with van der Waals surface area (Å²) in [5.41, 5.74) is -0.540. The Balaban J connectivity index is 2.91. The van der Waals surface area contributed by atoms with Crippen molar-refractivity contribution in [1.29, 1.82) is 0 Å². The molecule has 1 heterocycles. The topological polar surface area (TPSA) is 42.2 Å². The lowest BCUT2D eigenvalue weighted by Crippen LogP contribution is -2.36. The first-order valence-corrected chi connectivity index (χ1v) is 5.00. The zero-order chi connectivity index (χ0) is 11.6. The normalized spacial score (nSPS) is 13.9. The fourth-order valence-electron chi connectivity index (χ4n) is 0.941. The molecule has 0 spiro atoms.